The molecular weight excluding hydrogens is 294 g/mol. The van der Waals surface area contributed by atoms with Crippen LogP contribution in [0.5, 0.6) is 5.75 Å². The normalized spacial score (nSPS) is 10.9. The third-order valence-corrected chi connectivity index (χ3v) is 3.39. The summed E-state index contributed by atoms with van der Waals surface area (Å²) in [6.07, 6.45) is 0. The lowest BCUT2D eigenvalue weighted by atomic mass is 10.2. The Morgan fingerprint density at radius 2 is 2.07 bits per heavy atom. The van der Waals surface area contributed by atoms with Crippen molar-refractivity contribution in [2.45, 2.75) is 4.90 Å². The molecule has 0 saturated carbocycles. The second-order valence-corrected chi connectivity index (χ2v) is 5.77. The van der Waals surface area contributed by atoms with Crippen LogP contribution in [0.3, 0.4) is 0 Å². The number of nitriles is 1. The lowest BCUT2D eigenvalue weighted by Crippen LogP contribution is -1.92. The van der Waals surface area contributed by atoms with Crippen LogP contribution < -0.4 is 0 Å². The molecule has 0 fully saturated rings. The van der Waals surface area contributed by atoms with E-state index in [9.17, 15) is 13.5 Å². The average Bonchev–Trinajstić information content (AvgIpc) is 2.01. The van der Waals surface area contributed by atoms with Crippen molar-refractivity contribution in [2.24, 2.45) is 0 Å². The van der Waals surface area contributed by atoms with E-state index in [2.05, 4.69) is 15.9 Å². The van der Waals surface area contributed by atoms with Gasteiger partial charge in [0.25, 0.3) is 9.05 Å². The number of benzene rings is 1. The summed E-state index contributed by atoms with van der Waals surface area (Å²) in [5.41, 5.74) is -0.0333. The third kappa shape index (κ3) is 2.18. The highest BCUT2D eigenvalue weighted by atomic mass is 79.9. The number of nitrogens with zero attached hydrogens (tertiary/aromatic N) is 1. The first-order chi connectivity index (χ1) is 6.36. The topological polar surface area (TPSA) is 78.2 Å². The van der Waals surface area contributed by atoms with Gasteiger partial charge >= 0.3 is 0 Å². The van der Waals surface area contributed by atoms with E-state index >= 15 is 0 Å². The molecule has 0 unspecified atom stereocenters. The van der Waals surface area contributed by atoms with Crippen LogP contribution in [0, 0.1) is 11.3 Å². The van der Waals surface area contributed by atoms with E-state index in [0.29, 0.717) is 0 Å². The molecule has 14 heavy (non-hydrogen) atoms. The van der Waals surface area contributed by atoms with Gasteiger partial charge in [-0.25, -0.2) is 8.42 Å². The maximum Gasteiger partial charge on any atom is 0.261 e. The summed E-state index contributed by atoms with van der Waals surface area (Å²) in [5, 5.41) is 17.8. The van der Waals surface area contributed by atoms with Crippen molar-refractivity contribution >= 4 is 35.7 Å². The molecule has 1 aromatic carbocycles. The van der Waals surface area contributed by atoms with Crippen LogP contribution in [0.1, 0.15) is 5.56 Å². The number of phenolic OH excluding ortho intramolecular Hbond substituents is 1. The van der Waals surface area contributed by atoms with Gasteiger partial charge in [0.05, 0.1) is 4.90 Å². The monoisotopic (exact) mass is 295 g/mol. The summed E-state index contributed by atoms with van der Waals surface area (Å²) in [7, 11) is 1.16. The molecule has 0 aliphatic rings. The molecule has 0 amide bonds. The highest BCUT2D eigenvalue weighted by molar-refractivity contribution is 9.10. The zero-order chi connectivity index (χ0) is 10.9. The Balaban J connectivity index is 3.53. The first-order valence-corrected chi connectivity index (χ1v) is 6.33. The Hall–Kier alpha value is -0.770. The van der Waals surface area contributed by atoms with Crippen molar-refractivity contribution in [1.82, 2.24) is 0 Å². The summed E-state index contributed by atoms with van der Waals surface area (Å²) in [6, 6.07) is 3.78. The van der Waals surface area contributed by atoms with Gasteiger partial charge < -0.3 is 5.11 Å². The largest absolute Gasteiger partial charge is 0.506 e. The van der Waals surface area contributed by atoms with Crippen LogP contribution in [0.25, 0.3) is 0 Å². The molecular formula is C7H3BrClNO3S. The lowest BCUT2D eigenvalue weighted by Gasteiger charge is -2.01. The number of aromatic hydroxyl groups is 1. The van der Waals surface area contributed by atoms with Gasteiger partial charge in [0.15, 0.2) is 0 Å². The van der Waals surface area contributed by atoms with E-state index in [-0.39, 0.29) is 14.9 Å². The van der Waals surface area contributed by atoms with Crippen LogP contribution in [-0.4, -0.2) is 13.5 Å². The minimum atomic E-state index is -3.90. The molecule has 1 N–H and O–H groups in total. The zero-order valence-corrected chi connectivity index (χ0v) is 9.69. The second kappa shape index (κ2) is 3.77. The number of hydrogen-bond acceptors (Lipinski definition) is 4. The molecule has 0 saturated heterocycles. The lowest BCUT2D eigenvalue weighted by molar-refractivity contribution is 0.471. The maximum atomic E-state index is 10.9. The van der Waals surface area contributed by atoms with Crippen molar-refractivity contribution in [2.75, 3.05) is 0 Å². The van der Waals surface area contributed by atoms with Crippen LogP contribution in [0.4, 0.5) is 0 Å². The number of hydrogen-bond donors (Lipinski definition) is 1. The van der Waals surface area contributed by atoms with Gasteiger partial charge in [-0.3, -0.25) is 0 Å². The highest BCUT2D eigenvalue weighted by Gasteiger charge is 2.15. The van der Waals surface area contributed by atoms with Crippen molar-refractivity contribution in [3.8, 4) is 11.8 Å². The molecule has 0 aliphatic heterocycles. The van der Waals surface area contributed by atoms with E-state index in [0.717, 1.165) is 12.1 Å². The van der Waals surface area contributed by atoms with E-state index in [1.165, 1.54) is 0 Å². The molecule has 7 heteroatoms. The number of halogens is 2. The molecule has 0 radical (unpaired) electrons. The molecule has 1 rings (SSSR count). The molecule has 0 atom stereocenters. The average molecular weight is 297 g/mol. The smallest absolute Gasteiger partial charge is 0.261 e. The standard InChI is InChI=1S/C7H3BrClNO3S/c8-6-1-4(14(9,12)13)2-7(11)5(6)3-10/h1-2,11H. The maximum absolute atomic E-state index is 10.9. The Kier molecular flexibility index (Phi) is 3.04. The predicted molar refractivity (Wildman–Crippen MR) is 53.6 cm³/mol. The second-order valence-electron chi connectivity index (χ2n) is 2.35. The molecule has 0 heterocycles. The van der Waals surface area contributed by atoms with Crippen molar-refractivity contribution in [3.63, 3.8) is 0 Å². The molecule has 0 spiro atoms. The van der Waals surface area contributed by atoms with E-state index in [4.69, 9.17) is 15.9 Å². The summed E-state index contributed by atoms with van der Waals surface area (Å²) < 4.78 is 22.0. The minimum absolute atomic E-state index is 0.0333. The van der Waals surface area contributed by atoms with E-state index in [1.807, 2.05) is 0 Å². The summed E-state index contributed by atoms with van der Waals surface area (Å²) in [6.45, 7) is 0. The van der Waals surface area contributed by atoms with Gasteiger partial charge in [-0.2, -0.15) is 5.26 Å². The number of rotatable bonds is 1. The highest BCUT2D eigenvalue weighted by Crippen LogP contribution is 2.30. The summed E-state index contributed by atoms with van der Waals surface area (Å²) in [5.74, 6) is -0.430. The molecule has 0 aromatic heterocycles. The van der Waals surface area contributed by atoms with E-state index in [1.54, 1.807) is 6.07 Å². The molecule has 1 aromatic rings. The van der Waals surface area contributed by atoms with Crippen molar-refractivity contribution < 1.29 is 13.5 Å². The van der Waals surface area contributed by atoms with Gasteiger partial charge in [0.2, 0.25) is 0 Å². The van der Waals surface area contributed by atoms with Crippen LogP contribution in [-0.2, 0) is 9.05 Å². The fourth-order valence-electron chi connectivity index (χ4n) is 0.819. The van der Waals surface area contributed by atoms with Crippen molar-refractivity contribution in [3.05, 3.63) is 22.2 Å². The summed E-state index contributed by atoms with van der Waals surface area (Å²) in [4.78, 5) is -0.262. The van der Waals surface area contributed by atoms with Gasteiger partial charge in [0, 0.05) is 21.2 Å². The van der Waals surface area contributed by atoms with Crippen LogP contribution in [0.15, 0.2) is 21.5 Å². The van der Waals surface area contributed by atoms with Crippen molar-refractivity contribution in [1.29, 1.82) is 5.26 Å². The number of phenols is 1. The Morgan fingerprint density at radius 3 is 2.43 bits per heavy atom. The molecule has 74 valence electrons. The fourth-order valence-corrected chi connectivity index (χ4v) is 2.29. The Bertz CT molecular complexity index is 497. The SMILES string of the molecule is N#Cc1c(O)cc(S(=O)(=O)Cl)cc1Br. The van der Waals surface area contributed by atoms with Gasteiger partial charge in [-0.1, -0.05) is 0 Å². The first-order valence-electron chi connectivity index (χ1n) is 3.23. The van der Waals surface area contributed by atoms with E-state index < -0.39 is 14.8 Å². The Labute approximate surface area is 93.3 Å². The molecule has 0 aliphatic carbocycles. The molecule has 0 bridgehead atoms. The van der Waals surface area contributed by atoms with Gasteiger partial charge in [-0.15, -0.1) is 0 Å². The van der Waals surface area contributed by atoms with Gasteiger partial charge in [-0.05, 0) is 22.0 Å². The quantitative estimate of drug-likeness (QED) is 0.804. The summed E-state index contributed by atoms with van der Waals surface area (Å²) >= 11 is 2.94. The van der Waals surface area contributed by atoms with Gasteiger partial charge in [0.1, 0.15) is 17.4 Å². The zero-order valence-electron chi connectivity index (χ0n) is 6.53. The third-order valence-electron chi connectivity index (χ3n) is 1.44. The molecule has 4 nitrogen and oxygen atoms in total. The Morgan fingerprint density at radius 1 is 1.50 bits per heavy atom. The van der Waals surface area contributed by atoms with Crippen LogP contribution in [0.2, 0.25) is 0 Å². The minimum Gasteiger partial charge on any atom is -0.506 e. The van der Waals surface area contributed by atoms with Crippen LogP contribution >= 0.6 is 26.6 Å². The predicted octanol–water partition coefficient (Wildman–Crippen LogP) is 1.95. The fraction of sp³-hybridized carbons (Fsp3) is 0. The first kappa shape index (κ1) is 11.3.